The molecule has 0 aromatic carbocycles. The van der Waals surface area contributed by atoms with Crippen molar-refractivity contribution >= 4 is 0 Å². The van der Waals surface area contributed by atoms with Gasteiger partial charge in [-0.15, -0.1) is 0 Å². The van der Waals surface area contributed by atoms with Gasteiger partial charge >= 0.3 is 0 Å². The van der Waals surface area contributed by atoms with Gasteiger partial charge in [0.25, 0.3) is 0 Å². The predicted molar refractivity (Wildman–Crippen MR) is 61.6 cm³/mol. The van der Waals surface area contributed by atoms with Gasteiger partial charge in [0.15, 0.2) is 0 Å². The molecule has 0 atom stereocenters. The van der Waals surface area contributed by atoms with Crippen LogP contribution in [-0.4, -0.2) is 18.1 Å². The van der Waals surface area contributed by atoms with E-state index in [1.54, 1.807) is 0 Å². The van der Waals surface area contributed by atoms with Crippen LogP contribution < -0.4 is 5.32 Å². The molecule has 3 nitrogen and oxygen atoms in total. The van der Waals surface area contributed by atoms with Gasteiger partial charge in [0, 0.05) is 13.2 Å². The molecule has 0 bridgehead atoms. The summed E-state index contributed by atoms with van der Waals surface area (Å²) in [7, 11) is 0. The molecule has 3 heteroatoms. The monoisotopic (exact) mass is 208 g/mol. The third-order valence-corrected chi connectivity index (χ3v) is 2.02. The topological polar surface area (TPSA) is 34.1 Å². The van der Waals surface area contributed by atoms with Gasteiger partial charge < -0.3 is 10.1 Å². The van der Waals surface area contributed by atoms with Crippen LogP contribution in [-0.2, 0) is 17.9 Å². The Balaban J connectivity index is 2.42. The number of nitrogens with zero attached hydrogens (tertiary/aromatic N) is 1. The Bertz CT molecular complexity index is 276. The van der Waals surface area contributed by atoms with Crippen LogP contribution in [0.4, 0.5) is 0 Å². The number of pyridine rings is 1. The molecule has 0 spiro atoms. The highest BCUT2D eigenvalue weighted by Gasteiger charge is 1.97. The van der Waals surface area contributed by atoms with Crippen molar-refractivity contribution in [2.75, 3.05) is 13.2 Å². The summed E-state index contributed by atoms with van der Waals surface area (Å²) in [5.74, 6) is 0. The van der Waals surface area contributed by atoms with Gasteiger partial charge in [-0.1, -0.05) is 19.9 Å². The fourth-order valence-electron chi connectivity index (χ4n) is 1.28. The number of nitrogens with one attached hydrogen (secondary N) is 1. The molecule has 0 amide bonds. The summed E-state index contributed by atoms with van der Waals surface area (Å²) in [4.78, 5) is 4.49. The lowest BCUT2D eigenvalue weighted by molar-refractivity contribution is 0.119. The SMILES string of the molecule is CCCOCc1cccc(CNCC)n1. The van der Waals surface area contributed by atoms with E-state index in [0.717, 1.165) is 37.5 Å². The first-order valence-corrected chi connectivity index (χ1v) is 5.60. The second-order valence-corrected chi connectivity index (χ2v) is 3.45. The van der Waals surface area contributed by atoms with E-state index in [0.29, 0.717) is 6.61 Å². The van der Waals surface area contributed by atoms with Crippen molar-refractivity contribution in [1.82, 2.24) is 10.3 Å². The third kappa shape index (κ3) is 4.91. The highest BCUT2D eigenvalue weighted by molar-refractivity contribution is 5.10. The minimum atomic E-state index is 0.619. The number of ether oxygens (including phenoxy) is 1. The summed E-state index contributed by atoms with van der Waals surface area (Å²) >= 11 is 0. The molecule has 0 aliphatic carbocycles. The van der Waals surface area contributed by atoms with E-state index in [9.17, 15) is 0 Å². The summed E-state index contributed by atoms with van der Waals surface area (Å²) in [6.07, 6.45) is 1.05. The zero-order valence-electron chi connectivity index (χ0n) is 9.62. The summed E-state index contributed by atoms with van der Waals surface area (Å²) in [5, 5.41) is 3.26. The van der Waals surface area contributed by atoms with E-state index in [1.807, 2.05) is 18.2 Å². The van der Waals surface area contributed by atoms with Crippen LogP contribution in [0.15, 0.2) is 18.2 Å². The van der Waals surface area contributed by atoms with Gasteiger partial charge in [0.1, 0.15) is 0 Å². The van der Waals surface area contributed by atoms with E-state index in [1.165, 1.54) is 0 Å². The number of aromatic nitrogens is 1. The molecular formula is C12H20N2O. The first-order chi connectivity index (χ1) is 7.36. The zero-order valence-corrected chi connectivity index (χ0v) is 9.62. The molecule has 15 heavy (non-hydrogen) atoms. The minimum Gasteiger partial charge on any atom is -0.375 e. The molecular weight excluding hydrogens is 188 g/mol. The molecule has 1 N–H and O–H groups in total. The molecule has 0 aliphatic rings. The van der Waals surface area contributed by atoms with Gasteiger partial charge in [0.05, 0.1) is 18.0 Å². The standard InChI is InChI=1S/C12H20N2O/c1-3-8-15-10-12-7-5-6-11(14-12)9-13-4-2/h5-7,13H,3-4,8-10H2,1-2H3. The van der Waals surface area contributed by atoms with Crippen molar-refractivity contribution in [3.05, 3.63) is 29.6 Å². The first-order valence-electron chi connectivity index (χ1n) is 5.60. The molecule has 1 rings (SSSR count). The highest BCUT2D eigenvalue weighted by Crippen LogP contribution is 2.01. The van der Waals surface area contributed by atoms with Crippen LogP contribution in [0.5, 0.6) is 0 Å². The van der Waals surface area contributed by atoms with Crippen molar-refractivity contribution in [2.24, 2.45) is 0 Å². The van der Waals surface area contributed by atoms with E-state index in [2.05, 4.69) is 24.1 Å². The smallest absolute Gasteiger partial charge is 0.0887 e. The van der Waals surface area contributed by atoms with E-state index in [-0.39, 0.29) is 0 Å². The molecule has 0 saturated heterocycles. The van der Waals surface area contributed by atoms with E-state index in [4.69, 9.17) is 4.74 Å². The predicted octanol–water partition coefficient (Wildman–Crippen LogP) is 2.12. The van der Waals surface area contributed by atoms with E-state index < -0.39 is 0 Å². The Morgan fingerprint density at radius 2 is 2.07 bits per heavy atom. The van der Waals surface area contributed by atoms with Crippen LogP contribution in [0.1, 0.15) is 31.7 Å². The first kappa shape index (κ1) is 12.1. The molecule has 1 heterocycles. The summed E-state index contributed by atoms with van der Waals surface area (Å²) < 4.78 is 5.45. The van der Waals surface area contributed by atoms with Crippen LogP contribution in [0.3, 0.4) is 0 Å². The molecule has 0 fully saturated rings. The molecule has 0 aliphatic heterocycles. The van der Waals surface area contributed by atoms with Crippen LogP contribution in [0.2, 0.25) is 0 Å². The van der Waals surface area contributed by atoms with Crippen molar-refractivity contribution in [2.45, 2.75) is 33.4 Å². The number of hydrogen-bond donors (Lipinski definition) is 1. The lowest BCUT2D eigenvalue weighted by Crippen LogP contribution is -2.13. The maximum absolute atomic E-state index is 5.45. The minimum absolute atomic E-state index is 0.619. The molecule has 0 saturated carbocycles. The average Bonchev–Trinajstić information content (AvgIpc) is 2.27. The van der Waals surface area contributed by atoms with Crippen molar-refractivity contribution < 1.29 is 4.74 Å². The Morgan fingerprint density at radius 1 is 1.27 bits per heavy atom. The van der Waals surface area contributed by atoms with Crippen molar-refractivity contribution in [3.63, 3.8) is 0 Å². The Labute approximate surface area is 91.9 Å². The normalized spacial score (nSPS) is 10.5. The molecule has 0 unspecified atom stereocenters. The quantitative estimate of drug-likeness (QED) is 0.697. The maximum Gasteiger partial charge on any atom is 0.0887 e. The Hall–Kier alpha value is -0.930. The fraction of sp³-hybridized carbons (Fsp3) is 0.583. The molecule has 84 valence electrons. The Kier molecular flexibility index (Phi) is 5.97. The lowest BCUT2D eigenvalue weighted by Gasteiger charge is -2.05. The second-order valence-electron chi connectivity index (χ2n) is 3.45. The van der Waals surface area contributed by atoms with Gasteiger partial charge in [-0.2, -0.15) is 0 Å². The summed E-state index contributed by atoms with van der Waals surface area (Å²) in [5.41, 5.74) is 2.09. The second kappa shape index (κ2) is 7.37. The largest absolute Gasteiger partial charge is 0.375 e. The van der Waals surface area contributed by atoms with Crippen LogP contribution in [0.25, 0.3) is 0 Å². The van der Waals surface area contributed by atoms with Gasteiger partial charge in [-0.05, 0) is 25.1 Å². The molecule has 0 radical (unpaired) electrons. The maximum atomic E-state index is 5.45. The van der Waals surface area contributed by atoms with Crippen molar-refractivity contribution in [1.29, 1.82) is 0 Å². The summed E-state index contributed by atoms with van der Waals surface area (Å²) in [6, 6.07) is 6.07. The van der Waals surface area contributed by atoms with Gasteiger partial charge in [0.2, 0.25) is 0 Å². The molecule has 1 aromatic rings. The van der Waals surface area contributed by atoms with Gasteiger partial charge in [-0.25, -0.2) is 0 Å². The third-order valence-electron chi connectivity index (χ3n) is 2.02. The van der Waals surface area contributed by atoms with Gasteiger partial charge in [-0.3, -0.25) is 4.98 Å². The number of rotatable bonds is 7. The average molecular weight is 208 g/mol. The summed E-state index contributed by atoms with van der Waals surface area (Å²) in [6.45, 7) is 7.42. The highest BCUT2D eigenvalue weighted by atomic mass is 16.5. The van der Waals surface area contributed by atoms with Crippen LogP contribution in [0, 0.1) is 0 Å². The fourth-order valence-corrected chi connectivity index (χ4v) is 1.28. The van der Waals surface area contributed by atoms with Crippen LogP contribution >= 0.6 is 0 Å². The lowest BCUT2D eigenvalue weighted by atomic mass is 10.3. The number of hydrogen-bond acceptors (Lipinski definition) is 3. The molecule has 1 aromatic heterocycles. The van der Waals surface area contributed by atoms with Crippen molar-refractivity contribution in [3.8, 4) is 0 Å². The zero-order chi connectivity index (χ0) is 10.9. The van der Waals surface area contributed by atoms with E-state index >= 15 is 0 Å². The Morgan fingerprint density at radius 3 is 2.80 bits per heavy atom.